The van der Waals surface area contributed by atoms with Crippen LogP contribution in [0, 0.1) is 5.92 Å². The zero-order chi connectivity index (χ0) is 94.8. The summed E-state index contributed by atoms with van der Waals surface area (Å²) in [6.07, 6.45) is -1.51. The van der Waals surface area contributed by atoms with Gasteiger partial charge in [-0.05, 0) is 96.7 Å². The second kappa shape index (κ2) is 48.2. The van der Waals surface area contributed by atoms with Gasteiger partial charge in [-0.25, -0.2) is 0 Å². The molecule has 0 radical (unpaired) electrons. The number of hydrogen-bond donors (Lipinski definition) is 18. The Morgan fingerprint density at radius 2 is 1.06 bits per heavy atom. The smallest absolute Gasteiger partial charge is 0.246 e. The molecule has 18 amide bonds. The average molecular weight is 1840 g/mol. The number of nitrogens with one attached hydrogen (secondary N) is 11. The van der Waals surface area contributed by atoms with Crippen LogP contribution in [0.2, 0.25) is 0 Å². The normalized spacial score (nSPS) is 25.4. The second-order valence-electron chi connectivity index (χ2n) is 33.0. The highest BCUT2D eigenvalue weighted by atomic mass is 32.2. The van der Waals surface area contributed by atoms with Gasteiger partial charge in [-0.3, -0.25) is 86.3 Å². The first-order valence-corrected chi connectivity index (χ1v) is 44.8. The number of rotatable bonds is 23. The molecule has 15 atom stereocenters. The Morgan fingerprint density at radius 3 is 1.71 bits per heavy atom. The molecular weight excluding hydrogens is 1720 g/mol. The van der Waals surface area contributed by atoms with Gasteiger partial charge in [0.1, 0.15) is 90.3 Å². The molecule has 0 aliphatic carbocycles. The van der Waals surface area contributed by atoms with E-state index in [1.807, 2.05) is 13.0 Å². The number of nitrogens with two attached hydrogens (primary N) is 3. The van der Waals surface area contributed by atoms with Crippen molar-refractivity contribution in [3.63, 3.8) is 0 Å². The largest absolute Gasteiger partial charge is 0.508 e. The summed E-state index contributed by atoms with van der Waals surface area (Å²) in [6, 6.07) is -3.32. The number of fused-ring (bicyclic) bond motifs is 4. The topological polar surface area (TPSA) is 619 Å². The van der Waals surface area contributed by atoms with Crippen LogP contribution in [0.1, 0.15) is 128 Å². The number of nitrogens with zero attached hydrogens (tertiary/aromatic N) is 5. The van der Waals surface area contributed by atoms with Crippen LogP contribution in [-0.2, 0) is 106 Å². The minimum atomic E-state index is -1.90. The number of primary amides is 3. The van der Waals surface area contributed by atoms with Crippen molar-refractivity contribution in [3.8, 4) is 5.75 Å². The van der Waals surface area contributed by atoms with Crippen LogP contribution in [0.4, 0.5) is 0 Å². The van der Waals surface area contributed by atoms with E-state index in [0.29, 0.717) is 70.4 Å². The molecule has 21 N–H and O–H groups in total. The highest BCUT2D eigenvalue weighted by Gasteiger charge is 2.47. The number of benzene rings is 3. The summed E-state index contributed by atoms with van der Waals surface area (Å²) in [7, 11) is 3.81. The summed E-state index contributed by atoms with van der Waals surface area (Å²) >= 11 is 2.05. The number of aromatic hydroxyl groups is 1. The van der Waals surface area contributed by atoms with Crippen molar-refractivity contribution in [1.29, 1.82) is 0 Å². The lowest BCUT2D eigenvalue weighted by Crippen LogP contribution is -2.62. The van der Waals surface area contributed by atoms with E-state index in [4.69, 9.17) is 17.2 Å². The summed E-state index contributed by atoms with van der Waals surface area (Å²) in [5, 5.41) is 71.9. The minimum Gasteiger partial charge on any atom is -0.508 e. The van der Waals surface area contributed by atoms with Gasteiger partial charge in [-0.2, -0.15) is 0 Å². The van der Waals surface area contributed by atoms with Gasteiger partial charge in [0.25, 0.3) is 0 Å². The Labute approximate surface area is 753 Å². The number of aliphatic hydroxyl groups is 3. The van der Waals surface area contributed by atoms with Crippen LogP contribution in [0.5, 0.6) is 5.75 Å². The third-order valence-corrected chi connectivity index (χ3v) is 24.9. The van der Waals surface area contributed by atoms with Crippen LogP contribution >= 0.6 is 23.1 Å². The molecule has 5 aromatic rings. The summed E-state index contributed by atoms with van der Waals surface area (Å²) in [5.74, 6) is -20.0. The van der Waals surface area contributed by atoms with E-state index in [0.717, 1.165) is 29.2 Å². The number of likely N-dealkylation sites (N-methyl/N-ethyl adjacent to an activating group) is 3. The number of H-pyrrole nitrogens is 1. The third kappa shape index (κ3) is 28.1. The summed E-state index contributed by atoms with van der Waals surface area (Å²) in [6.45, 7) is 4.59. The summed E-state index contributed by atoms with van der Waals surface area (Å²) in [5.41, 5.74) is 18.7. The fourth-order valence-electron chi connectivity index (χ4n) is 15.7. The Morgan fingerprint density at radius 1 is 0.535 bits per heavy atom. The van der Waals surface area contributed by atoms with Crippen LogP contribution in [-0.4, -0.2) is 312 Å². The van der Waals surface area contributed by atoms with Gasteiger partial charge in [0.15, 0.2) is 0 Å². The highest BCUT2D eigenvalue weighted by molar-refractivity contribution is 8.00. The van der Waals surface area contributed by atoms with E-state index in [-0.39, 0.29) is 63.7 Å². The van der Waals surface area contributed by atoms with Crippen molar-refractivity contribution in [1.82, 2.24) is 82.7 Å². The van der Waals surface area contributed by atoms with Gasteiger partial charge in [-0.1, -0.05) is 102 Å². The van der Waals surface area contributed by atoms with E-state index in [1.54, 1.807) is 74.8 Å². The number of hydrogen-bond acceptors (Lipinski definition) is 24. The van der Waals surface area contributed by atoms with Gasteiger partial charge >= 0.3 is 0 Å². The number of phenolic OH excluding ortho intramolecular Hbond substituents is 1. The second-order valence-corrected chi connectivity index (χ2v) is 34.9. The average Bonchev–Trinajstić information content (AvgIpc) is 1.76. The molecule has 0 bridgehead atoms. The molecule has 43 heteroatoms. The van der Waals surface area contributed by atoms with Gasteiger partial charge in [0, 0.05) is 87.5 Å². The number of phenols is 1. The zero-order valence-electron chi connectivity index (χ0n) is 73.3. The molecule has 2 aromatic heterocycles. The lowest BCUT2D eigenvalue weighted by atomic mass is 10.00. The van der Waals surface area contributed by atoms with Gasteiger partial charge in [-0.15, -0.1) is 23.1 Å². The number of carbonyl (C=O) groups is 18. The maximum atomic E-state index is 15.6. The van der Waals surface area contributed by atoms with Crippen LogP contribution in [0.15, 0.2) is 84.4 Å². The Balaban J connectivity index is 1.18. The van der Waals surface area contributed by atoms with E-state index in [1.165, 1.54) is 63.7 Å². The number of carbonyl (C=O) groups excluding carboxylic acids is 18. The molecule has 8 rings (SSSR count). The van der Waals surface area contributed by atoms with Crippen LogP contribution in [0.25, 0.3) is 21.0 Å². The fourth-order valence-corrected chi connectivity index (χ4v) is 17.5. The third-order valence-electron chi connectivity index (χ3n) is 22.8. The molecule has 0 saturated carbocycles. The Hall–Kier alpha value is -12.4. The zero-order valence-corrected chi connectivity index (χ0v) is 74.9. The van der Waals surface area contributed by atoms with Crippen molar-refractivity contribution >= 4 is 150 Å². The Bertz CT molecular complexity index is 4900. The molecule has 702 valence electrons. The predicted octanol–water partition coefficient (Wildman–Crippen LogP) is -3.56. The maximum Gasteiger partial charge on any atom is 0.246 e. The molecule has 41 nitrogen and oxygen atoms in total. The molecule has 5 heterocycles. The maximum absolute atomic E-state index is 15.6. The lowest BCUT2D eigenvalue weighted by Gasteiger charge is -2.36. The number of amides is 18. The first-order valence-electron chi connectivity index (χ1n) is 42.8. The molecule has 3 aromatic carbocycles. The molecule has 0 spiro atoms. The van der Waals surface area contributed by atoms with Crippen molar-refractivity contribution < 1.29 is 107 Å². The molecule has 3 saturated heterocycles. The number of unbranched alkanes of at least 4 members (excludes halogenated alkanes) is 2. The van der Waals surface area contributed by atoms with Gasteiger partial charge in [0.2, 0.25) is 106 Å². The summed E-state index contributed by atoms with van der Waals surface area (Å²) in [4.78, 5) is 268. The molecule has 0 unspecified atom stereocenters. The number of thiophene rings is 1. The molecule has 3 fully saturated rings. The first kappa shape index (κ1) is 102. The number of aromatic nitrogens is 1. The van der Waals surface area contributed by atoms with E-state index in [9.17, 15) is 78.0 Å². The van der Waals surface area contributed by atoms with Crippen molar-refractivity contribution in [2.24, 2.45) is 23.1 Å². The Kier molecular flexibility index (Phi) is 38.1. The fraction of sp³-hybridized carbons (Fsp3) is 0.535. The molecule has 3 aliphatic rings. The van der Waals surface area contributed by atoms with E-state index in [2.05, 4.69) is 58.2 Å². The monoisotopic (exact) mass is 1830 g/mol. The molecule has 129 heavy (non-hydrogen) atoms. The van der Waals surface area contributed by atoms with Gasteiger partial charge < -0.3 is 120 Å². The predicted molar refractivity (Wildman–Crippen MR) is 473 cm³/mol. The van der Waals surface area contributed by atoms with Gasteiger partial charge in [0.05, 0.1) is 44.5 Å². The quantitative estimate of drug-likeness (QED) is 0.0301. The molecular formula is C86H119N19O22S2. The van der Waals surface area contributed by atoms with Crippen molar-refractivity contribution in [2.45, 2.75) is 222 Å². The summed E-state index contributed by atoms with van der Waals surface area (Å²) < 4.78 is 0.800. The van der Waals surface area contributed by atoms with Crippen molar-refractivity contribution in [3.05, 3.63) is 101 Å². The number of aromatic amines is 1. The highest BCUT2D eigenvalue weighted by Crippen LogP contribution is 2.30. The van der Waals surface area contributed by atoms with Crippen LogP contribution in [0.3, 0.4) is 0 Å². The lowest BCUT2D eigenvalue weighted by molar-refractivity contribution is -0.149. The first-order chi connectivity index (χ1) is 61.3. The molecule has 3 aliphatic heterocycles. The number of para-hydroxylation sites is 1. The number of thioether (sulfide) groups is 1. The minimum absolute atomic E-state index is 0.0202. The van der Waals surface area contributed by atoms with E-state index >= 15 is 28.8 Å². The van der Waals surface area contributed by atoms with Crippen LogP contribution < -0.4 is 70.4 Å². The van der Waals surface area contributed by atoms with Crippen molar-refractivity contribution in [2.75, 3.05) is 65.5 Å². The standard InChI is InChI=1S/C86H119N19O22S2/c1-9-11-21-64-79(120)99-62(41-107)78(119)100-63(74(115)91-38-71(89)112)43-128-44-72(113)92-58(31-47-25-27-50(108)28-26-47)82(123)101(6)46(5)73(114)95-60(36-70(88)111)84(125)104-29-17-23-65(104)80(121)94-56(35-69(87)110)76(117)96-57(30-45(3)4)85(126)105-39-51(109)34-67(105)81(122)93-55(32-48-37-90-54-20-15-13-18-52(48)54)75(116)98-61(40-106)77(118)97-59(33-49-42-129-68-24-16-14-19-53(49)68)83(124)103(8)66(22-12-10-2)86(127)102(64)7/h13-16,18-20,24-28,37,42,45-46,51,55-67,90,106-109H,9-12,17,21-23,29-36,38-41,43-44H2,1-8H3,(H2,87,110)(H2,88,111)(H2,89,112)(H,91,115)(H,92,113)(H,93,122)(H,94,121)(H,95,114)(H,96,117)(H,97,118)(H,98,116)(H,99,120)(H,100,119)/t46-,51+,55-,56-,57-,58-,59-,60+,61-,62-,63-,64-,65-,66-,67-/m0/s1. The van der Waals surface area contributed by atoms with E-state index < -0.39 is 260 Å². The SMILES string of the molecule is CCCC[C@H]1C(=O)N(C)[C@@H](CCCC)C(=O)N[C@@H](CO)C(=O)N[C@H](C(=O)NCC(N)=O)CSCC(=O)N[C@@H](Cc2ccc(O)cc2)C(=O)N(C)[C@@H](C)C(=O)N[C@H](CC(N)=O)C(=O)N2CCC[C@H]2C(=O)N[C@@H](CC(N)=O)C(=O)N[C@@H](CC(C)C)C(=O)N2C[C@H](O)C[C@H]2C(=O)N[C@@H](Cc2c[nH]c3ccccc23)C(=O)N[C@@H](CO)C(=O)N[C@@H](Cc2csc3ccccc23)C(=O)N1C. The number of aliphatic hydroxyl groups excluding tert-OH is 3.